The minimum Gasteiger partial charge on any atom is -0.470 e. The molecule has 1 unspecified atom stereocenters. The highest BCUT2D eigenvalue weighted by atomic mass is 35.5. The van der Waals surface area contributed by atoms with Crippen LogP contribution in [0.2, 0.25) is 5.02 Å². The minimum absolute atomic E-state index is 0.0551. The molecule has 0 aliphatic carbocycles. The molecule has 0 saturated heterocycles. The molecule has 3 heterocycles. The number of ether oxygens (including phenoxy) is 1. The van der Waals surface area contributed by atoms with Crippen LogP contribution in [-0.2, 0) is 13.5 Å². The highest BCUT2D eigenvalue weighted by Crippen LogP contribution is 2.30. The van der Waals surface area contributed by atoms with Gasteiger partial charge in [-0.05, 0) is 36.7 Å². The van der Waals surface area contributed by atoms with Gasteiger partial charge in [-0.2, -0.15) is 5.10 Å². The van der Waals surface area contributed by atoms with Crippen LogP contribution in [0.1, 0.15) is 5.56 Å². The minimum atomic E-state index is 0.0551. The fourth-order valence-corrected chi connectivity index (χ4v) is 3.60. The van der Waals surface area contributed by atoms with Crippen LogP contribution in [0.25, 0.3) is 11.1 Å². The predicted molar refractivity (Wildman–Crippen MR) is 134 cm³/mol. The molecule has 4 aromatic rings. The van der Waals surface area contributed by atoms with Gasteiger partial charge in [-0.3, -0.25) is 4.68 Å². The summed E-state index contributed by atoms with van der Waals surface area (Å²) in [5, 5.41) is 11.9. The number of aryl methyl sites for hydroxylation is 1. The van der Waals surface area contributed by atoms with Gasteiger partial charge in [0.05, 0.1) is 18.4 Å². The van der Waals surface area contributed by atoms with Crippen LogP contribution in [-0.4, -0.2) is 40.5 Å². The van der Waals surface area contributed by atoms with Crippen molar-refractivity contribution in [3.8, 4) is 17.0 Å². The van der Waals surface area contributed by atoms with Gasteiger partial charge < -0.3 is 15.4 Å². The molecule has 0 fully saturated rings. The average Bonchev–Trinajstić information content (AvgIpc) is 3.30. The Bertz CT molecular complexity index is 1100. The Hall–Kier alpha value is -3.35. The first-order valence-corrected chi connectivity index (χ1v) is 11.4. The van der Waals surface area contributed by atoms with Crippen molar-refractivity contribution in [2.24, 2.45) is 7.05 Å². The van der Waals surface area contributed by atoms with Crippen LogP contribution in [0.15, 0.2) is 85.3 Å². The van der Waals surface area contributed by atoms with Gasteiger partial charge in [0.1, 0.15) is 6.10 Å². The summed E-state index contributed by atoms with van der Waals surface area (Å²) in [5.74, 6) is 0.651. The summed E-state index contributed by atoms with van der Waals surface area (Å²) < 4.78 is 7.80. The smallest absolute Gasteiger partial charge is 0.237 e. The van der Waals surface area contributed by atoms with E-state index in [4.69, 9.17) is 16.3 Å². The van der Waals surface area contributed by atoms with Crippen molar-refractivity contribution in [3.05, 3.63) is 95.9 Å². The van der Waals surface area contributed by atoms with Crippen molar-refractivity contribution in [1.82, 2.24) is 20.1 Å². The molecule has 7 heteroatoms. The van der Waals surface area contributed by atoms with Crippen LogP contribution in [0, 0.1) is 0 Å². The van der Waals surface area contributed by atoms with E-state index in [-0.39, 0.29) is 6.10 Å². The zero-order chi connectivity index (χ0) is 22.9. The average molecular weight is 462 g/mol. The van der Waals surface area contributed by atoms with Crippen LogP contribution in [0.3, 0.4) is 0 Å². The van der Waals surface area contributed by atoms with E-state index in [1.165, 1.54) is 5.56 Å². The number of rotatable bonds is 6. The van der Waals surface area contributed by atoms with Crippen LogP contribution in [0.5, 0.6) is 5.88 Å². The maximum absolute atomic E-state index is 6.02. The Morgan fingerprint density at radius 1 is 1.06 bits per heavy atom. The molecule has 0 amide bonds. The summed E-state index contributed by atoms with van der Waals surface area (Å²) in [7, 11) is 1.90. The van der Waals surface area contributed by atoms with Crippen molar-refractivity contribution >= 4 is 17.3 Å². The van der Waals surface area contributed by atoms with Crippen LogP contribution in [0.4, 0.5) is 5.69 Å². The largest absolute Gasteiger partial charge is 0.470 e. The van der Waals surface area contributed by atoms with Crippen LogP contribution >= 0.6 is 11.6 Å². The van der Waals surface area contributed by atoms with E-state index in [0.717, 1.165) is 47.9 Å². The van der Waals surface area contributed by atoms with E-state index in [1.54, 1.807) is 4.68 Å². The molecule has 33 heavy (non-hydrogen) atoms. The van der Waals surface area contributed by atoms with E-state index >= 15 is 0 Å². The fourth-order valence-electron chi connectivity index (χ4n) is 3.47. The lowest BCUT2D eigenvalue weighted by atomic mass is 10.1. The molecule has 170 valence electrons. The summed E-state index contributed by atoms with van der Waals surface area (Å²) in [6.45, 7) is 2.41. The van der Waals surface area contributed by atoms with Gasteiger partial charge in [0.2, 0.25) is 5.88 Å². The van der Waals surface area contributed by atoms with Crippen molar-refractivity contribution in [2.45, 2.75) is 12.5 Å². The zero-order valence-corrected chi connectivity index (χ0v) is 19.4. The first kappa shape index (κ1) is 22.8. The summed E-state index contributed by atoms with van der Waals surface area (Å²) in [5.41, 5.74) is 4.26. The molecule has 2 aromatic carbocycles. The zero-order valence-electron chi connectivity index (χ0n) is 18.6. The van der Waals surface area contributed by atoms with Crippen molar-refractivity contribution in [2.75, 3.05) is 25.0 Å². The van der Waals surface area contributed by atoms with Crippen molar-refractivity contribution < 1.29 is 4.74 Å². The predicted octanol–water partition coefficient (Wildman–Crippen LogP) is 4.83. The lowest BCUT2D eigenvalue weighted by Gasteiger charge is -2.27. The molecular weight excluding hydrogens is 434 g/mol. The second kappa shape index (κ2) is 11.5. The van der Waals surface area contributed by atoms with Gasteiger partial charge in [-0.1, -0.05) is 60.1 Å². The number of benzene rings is 2. The molecule has 0 spiro atoms. The number of aromatic nitrogens is 3. The van der Waals surface area contributed by atoms with E-state index in [0.29, 0.717) is 5.88 Å². The van der Waals surface area contributed by atoms with Gasteiger partial charge in [-0.15, -0.1) is 0 Å². The number of nitrogens with one attached hydrogen (secondary N) is 2. The van der Waals surface area contributed by atoms with E-state index in [9.17, 15) is 0 Å². The van der Waals surface area contributed by atoms with E-state index in [1.807, 2.05) is 74.2 Å². The fraction of sp³-hybridized carbons (Fsp3) is 0.231. The van der Waals surface area contributed by atoms with Gasteiger partial charge in [0, 0.05) is 42.1 Å². The Balaban J connectivity index is 0.000000376. The molecule has 0 radical (unpaired) electrons. The van der Waals surface area contributed by atoms with Crippen molar-refractivity contribution in [1.29, 1.82) is 0 Å². The Kier molecular flexibility index (Phi) is 7.95. The molecule has 5 rings (SSSR count). The third-order valence-corrected chi connectivity index (χ3v) is 5.48. The number of pyridine rings is 1. The quantitative estimate of drug-likeness (QED) is 0.403. The summed E-state index contributed by atoms with van der Waals surface area (Å²) in [6, 6.07) is 22.0. The van der Waals surface area contributed by atoms with Gasteiger partial charge in [-0.25, -0.2) is 4.98 Å². The van der Waals surface area contributed by atoms with E-state index in [2.05, 4.69) is 38.9 Å². The molecule has 0 bridgehead atoms. The van der Waals surface area contributed by atoms with Gasteiger partial charge in [0.15, 0.2) is 0 Å². The first-order valence-electron chi connectivity index (χ1n) is 11.0. The SMILES string of the molecule is Cn1cc(-c2cnc3c(c2)NCC(CNCCc2ccc(Cl)cc2)O3)cn1.c1ccccc1. The lowest BCUT2D eigenvalue weighted by molar-refractivity contribution is 0.194. The Morgan fingerprint density at radius 2 is 1.79 bits per heavy atom. The van der Waals surface area contributed by atoms with Crippen LogP contribution < -0.4 is 15.4 Å². The van der Waals surface area contributed by atoms with Gasteiger partial charge >= 0.3 is 0 Å². The molecule has 2 N–H and O–H groups in total. The maximum Gasteiger partial charge on any atom is 0.237 e. The van der Waals surface area contributed by atoms with E-state index < -0.39 is 0 Å². The summed E-state index contributed by atoms with van der Waals surface area (Å²) >= 11 is 5.91. The third-order valence-electron chi connectivity index (χ3n) is 5.23. The Labute approximate surface area is 199 Å². The number of anilines is 1. The number of halogens is 1. The molecule has 2 aromatic heterocycles. The maximum atomic E-state index is 6.02. The lowest BCUT2D eigenvalue weighted by Crippen LogP contribution is -2.40. The Morgan fingerprint density at radius 3 is 2.45 bits per heavy atom. The second-order valence-electron chi connectivity index (χ2n) is 7.84. The number of fused-ring (bicyclic) bond motifs is 1. The summed E-state index contributed by atoms with van der Waals surface area (Å²) in [4.78, 5) is 4.48. The second-order valence-corrected chi connectivity index (χ2v) is 8.27. The summed E-state index contributed by atoms with van der Waals surface area (Å²) in [6.07, 6.45) is 6.65. The monoisotopic (exact) mass is 461 g/mol. The molecule has 1 atom stereocenters. The standard InChI is InChI=1S/C20H22ClN5O.C6H6/c1-26-13-16(10-25-26)15-8-19-20(24-9-15)27-18(12-23-19)11-22-7-6-14-2-4-17(21)5-3-14;1-2-4-6-5-3-1/h2-5,8-10,13,18,22-23H,6-7,11-12H2,1H3;1-6H. The third kappa shape index (κ3) is 6.81. The highest BCUT2D eigenvalue weighted by Gasteiger charge is 2.20. The topological polar surface area (TPSA) is 64.0 Å². The first-order chi connectivity index (χ1) is 16.2. The number of hydrogen-bond donors (Lipinski definition) is 2. The highest BCUT2D eigenvalue weighted by molar-refractivity contribution is 6.30. The van der Waals surface area contributed by atoms with Crippen molar-refractivity contribution in [3.63, 3.8) is 0 Å². The molecule has 0 saturated carbocycles. The molecule has 1 aliphatic rings. The molecule has 6 nitrogen and oxygen atoms in total. The number of nitrogens with zero attached hydrogens (tertiary/aromatic N) is 3. The molecule has 1 aliphatic heterocycles. The van der Waals surface area contributed by atoms with Gasteiger partial charge in [0.25, 0.3) is 0 Å². The normalized spacial score (nSPS) is 14.3. The molecular formula is C26H28ClN5O. The number of hydrogen-bond acceptors (Lipinski definition) is 5.